The Bertz CT molecular complexity index is 341. The SMILES string of the molecule is CSSNC(=O)c1ccccc1C=O. The number of carbonyl (C=O) groups is 2. The summed E-state index contributed by atoms with van der Waals surface area (Å²) in [5.74, 6) is -0.243. The minimum atomic E-state index is -0.243. The van der Waals surface area contributed by atoms with Crippen LogP contribution in [-0.2, 0) is 0 Å². The van der Waals surface area contributed by atoms with Crippen LogP contribution in [0.15, 0.2) is 24.3 Å². The number of amides is 1. The van der Waals surface area contributed by atoms with Crippen molar-refractivity contribution >= 4 is 34.0 Å². The largest absolute Gasteiger partial charge is 0.298 e. The van der Waals surface area contributed by atoms with Crippen molar-refractivity contribution in [3.8, 4) is 0 Å². The summed E-state index contributed by atoms with van der Waals surface area (Å²) in [6, 6.07) is 6.69. The van der Waals surface area contributed by atoms with Crippen LogP contribution in [0.2, 0.25) is 0 Å². The number of benzene rings is 1. The molecule has 1 aromatic carbocycles. The molecule has 1 amide bonds. The summed E-state index contributed by atoms with van der Waals surface area (Å²) in [4.78, 5) is 22.1. The van der Waals surface area contributed by atoms with Crippen LogP contribution < -0.4 is 4.72 Å². The minimum absolute atomic E-state index is 0.243. The molecule has 0 saturated carbocycles. The standard InChI is InChI=1S/C9H9NO2S2/c1-13-14-10-9(12)8-5-3-2-4-7(8)6-11/h2-6H,1H3,(H,10,12). The van der Waals surface area contributed by atoms with E-state index >= 15 is 0 Å². The molecule has 1 aromatic rings. The maximum Gasteiger partial charge on any atom is 0.262 e. The fourth-order valence-electron chi connectivity index (χ4n) is 0.941. The molecule has 0 bridgehead atoms. The van der Waals surface area contributed by atoms with Crippen molar-refractivity contribution in [1.82, 2.24) is 4.72 Å². The van der Waals surface area contributed by atoms with E-state index in [2.05, 4.69) is 4.72 Å². The van der Waals surface area contributed by atoms with Gasteiger partial charge >= 0.3 is 0 Å². The van der Waals surface area contributed by atoms with Crippen LogP contribution in [0, 0.1) is 0 Å². The highest BCUT2D eigenvalue weighted by molar-refractivity contribution is 8.75. The molecule has 0 saturated heterocycles. The van der Waals surface area contributed by atoms with Crippen molar-refractivity contribution in [3.05, 3.63) is 35.4 Å². The number of hydrogen-bond donors (Lipinski definition) is 1. The minimum Gasteiger partial charge on any atom is -0.298 e. The van der Waals surface area contributed by atoms with E-state index in [9.17, 15) is 9.59 Å². The van der Waals surface area contributed by atoms with Gasteiger partial charge in [0.1, 0.15) is 0 Å². The second-order valence-electron chi connectivity index (χ2n) is 2.39. The van der Waals surface area contributed by atoms with Gasteiger partial charge < -0.3 is 0 Å². The molecule has 3 nitrogen and oxygen atoms in total. The van der Waals surface area contributed by atoms with Gasteiger partial charge in [-0.15, -0.1) is 0 Å². The van der Waals surface area contributed by atoms with E-state index in [1.165, 1.54) is 21.8 Å². The van der Waals surface area contributed by atoms with E-state index in [-0.39, 0.29) is 5.91 Å². The van der Waals surface area contributed by atoms with Gasteiger partial charge in [0.15, 0.2) is 6.29 Å². The fourth-order valence-corrected chi connectivity index (χ4v) is 1.69. The lowest BCUT2D eigenvalue weighted by Gasteiger charge is -2.03. The normalized spacial score (nSPS) is 9.50. The first-order valence-electron chi connectivity index (χ1n) is 3.83. The van der Waals surface area contributed by atoms with E-state index in [1.54, 1.807) is 24.3 Å². The maximum absolute atomic E-state index is 11.5. The molecule has 0 fully saturated rings. The molecule has 1 rings (SSSR count). The van der Waals surface area contributed by atoms with E-state index < -0.39 is 0 Å². The van der Waals surface area contributed by atoms with Gasteiger partial charge in [0.05, 0.1) is 5.56 Å². The van der Waals surface area contributed by atoms with E-state index in [0.29, 0.717) is 17.4 Å². The molecular formula is C9H9NO2S2. The zero-order valence-electron chi connectivity index (χ0n) is 7.52. The van der Waals surface area contributed by atoms with Crippen LogP contribution >= 0.6 is 21.8 Å². The summed E-state index contributed by atoms with van der Waals surface area (Å²) in [5.41, 5.74) is 0.816. The third kappa shape index (κ3) is 2.78. The van der Waals surface area contributed by atoms with Gasteiger partial charge in [-0.1, -0.05) is 29.0 Å². The Balaban J connectivity index is 2.83. The zero-order chi connectivity index (χ0) is 10.4. The highest BCUT2D eigenvalue weighted by atomic mass is 33.1. The Morgan fingerprint density at radius 3 is 2.79 bits per heavy atom. The van der Waals surface area contributed by atoms with Gasteiger partial charge in [-0.25, -0.2) is 0 Å². The molecule has 5 heteroatoms. The lowest BCUT2D eigenvalue weighted by Crippen LogP contribution is -2.16. The van der Waals surface area contributed by atoms with Crippen LogP contribution in [0.3, 0.4) is 0 Å². The molecule has 1 N–H and O–H groups in total. The first kappa shape index (κ1) is 11.1. The summed E-state index contributed by atoms with van der Waals surface area (Å²) in [5, 5.41) is 0. The average molecular weight is 227 g/mol. The summed E-state index contributed by atoms with van der Waals surface area (Å²) in [6.07, 6.45) is 2.54. The van der Waals surface area contributed by atoms with Crippen molar-refractivity contribution < 1.29 is 9.59 Å². The van der Waals surface area contributed by atoms with Crippen LogP contribution in [0.25, 0.3) is 0 Å². The van der Waals surface area contributed by atoms with Crippen molar-refractivity contribution in [3.63, 3.8) is 0 Å². The highest BCUT2D eigenvalue weighted by Crippen LogP contribution is 2.14. The van der Waals surface area contributed by atoms with Crippen LogP contribution in [-0.4, -0.2) is 18.4 Å². The highest BCUT2D eigenvalue weighted by Gasteiger charge is 2.09. The molecule has 0 aliphatic carbocycles. The van der Waals surface area contributed by atoms with Gasteiger partial charge in [0.25, 0.3) is 5.91 Å². The Morgan fingerprint density at radius 1 is 1.43 bits per heavy atom. The van der Waals surface area contributed by atoms with Gasteiger partial charge in [-0.2, -0.15) is 0 Å². The molecule has 14 heavy (non-hydrogen) atoms. The zero-order valence-corrected chi connectivity index (χ0v) is 9.15. The van der Waals surface area contributed by atoms with Crippen LogP contribution in [0.1, 0.15) is 20.7 Å². The van der Waals surface area contributed by atoms with Gasteiger partial charge in [0, 0.05) is 16.5 Å². The van der Waals surface area contributed by atoms with Gasteiger partial charge in [-0.05, 0) is 12.3 Å². The third-order valence-corrected chi connectivity index (χ3v) is 2.74. The average Bonchev–Trinajstić information content (AvgIpc) is 2.25. The lowest BCUT2D eigenvalue weighted by atomic mass is 10.1. The van der Waals surface area contributed by atoms with Gasteiger partial charge in [-0.3, -0.25) is 14.3 Å². The Labute approximate surface area is 90.2 Å². The molecule has 0 aromatic heterocycles. The summed E-state index contributed by atoms with van der Waals surface area (Å²) in [6.45, 7) is 0. The second-order valence-corrected chi connectivity index (χ2v) is 4.59. The molecule has 0 heterocycles. The Kier molecular flexibility index (Phi) is 4.55. The molecule has 0 radical (unpaired) electrons. The molecular weight excluding hydrogens is 218 g/mol. The van der Waals surface area contributed by atoms with Gasteiger partial charge in [0.2, 0.25) is 0 Å². The molecule has 74 valence electrons. The van der Waals surface area contributed by atoms with Crippen molar-refractivity contribution in [2.75, 3.05) is 6.26 Å². The monoisotopic (exact) mass is 227 g/mol. The second kappa shape index (κ2) is 5.72. The molecule has 0 aliphatic heterocycles. The van der Waals surface area contributed by atoms with E-state index in [1.807, 2.05) is 6.26 Å². The molecule has 0 aliphatic rings. The summed E-state index contributed by atoms with van der Waals surface area (Å²) in [7, 11) is 2.67. The van der Waals surface area contributed by atoms with Crippen molar-refractivity contribution in [2.45, 2.75) is 0 Å². The van der Waals surface area contributed by atoms with Crippen molar-refractivity contribution in [2.24, 2.45) is 0 Å². The molecule has 0 atom stereocenters. The maximum atomic E-state index is 11.5. The summed E-state index contributed by atoms with van der Waals surface area (Å²) < 4.78 is 2.61. The first-order chi connectivity index (χ1) is 6.79. The molecule has 0 unspecified atom stereocenters. The van der Waals surface area contributed by atoms with Crippen LogP contribution in [0.5, 0.6) is 0 Å². The molecule has 0 spiro atoms. The third-order valence-electron chi connectivity index (χ3n) is 1.55. The summed E-state index contributed by atoms with van der Waals surface area (Å²) >= 11 is 0. The topological polar surface area (TPSA) is 46.2 Å². The number of hydrogen-bond acceptors (Lipinski definition) is 4. The van der Waals surface area contributed by atoms with Crippen molar-refractivity contribution in [1.29, 1.82) is 0 Å². The quantitative estimate of drug-likeness (QED) is 0.486. The van der Waals surface area contributed by atoms with E-state index in [0.717, 1.165) is 0 Å². The fraction of sp³-hybridized carbons (Fsp3) is 0.111. The Morgan fingerprint density at radius 2 is 2.14 bits per heavy atom. The Hall–Kier alpha value is -0.940. The first-order valence-corrected chi connectivity index (χ1v) is 6.39. The van der Waals surface area contributed by atoms with Crippen LogP contribution in [0.4, 0.5) is 0 Å². The lowest BCUT2D eigenvalue weighted by molar-refractivity contribution is 0.0978. The predicted molar refractivity (Wildman–Crippen MR) is 60.4 cm³/mol. The predicted octanol–water partition coefficient (Wildman–Crippen LogP) is 2.16. The number of aldehydes is 1. The van der Waals surface area contributed by atoms with E-state index in [4.69, 9.17) is 0 Å². The number of nitrogens with one attached hydrogen (secondary N) is 1. The smallest absolute Gasteiger partial charge is 0.262 e. The number of rotatable bonds is 4. The number of carbonyl (C=O) groups excluding carboxylic acids is 2.